The molecule has 0 bridgehead atoms. The van der Waals surface area contributed by atoms with Gasteiger partial charge in [0.05, 0.1) is 4.92 Å². The second kappa shape index (κ2) is 5.24. The van der Waals surface area contributed by atoms with Gasteiger partial charge in [0.15, 0.2) is 0 Å². The van der Waals surface area contributed by atoms with E-state index in [1.807, 2.05) is 0 Å². The van der Waals surface area contributed by atoms with Crippen LogP contribution < -0.4 is 0 Å². The molecule has 2 rings (SSSR count). The predicted octanol–water partition coefficient (Wildman–Crippen LogP) is 2.94. The van der Waals surface area contributed by atoms with Gasteiger partial charge in [0.25, 0.3) is 0 Å². The van der Waals surface area contributed by atoms with Gasteiger partial charge in [-0.1, -0.05) is 15.9 Å². The summed E-state index contributed by atoms with van der Waals surface area (Å²) in [5.74, 6) is -3.30. The summed E-state index contributed by atoms with van der Waals surface area (Å²) in [4.78, 5) is 21.4. The monoisotopic (exact) mass is 370 g/mol. The van der Waals surface area contributed by atoms with E-state index in [2.05, 4.69) is 15.9 Å². The van der Waals surface area contributed by atoms with Crippen LogP contribution in [0.15, 0.2) is 10.5 Å². The van der Waals surface area contributed by atoms with Crippen molar-refractivity contribution in [1.29, 1.82) is 0 Å². The molecule has 0 unspecified atom stereocenters. The second-order valence-electron chi connectivity index (χ2n) is 4.38. The lowest BCUT2D eigenvalue weighted by Gasteiger charge is -2.30. The van der Waals surface area contributed by atoms with Crippen LogP contribution in [-0.2, 0) is 17.8 Å². The summed E-state index contributed by atoms with van der Waals surface area (Å²) in [5, 5.41) is 10.7. The summed E-state index contributed by atoms with van der Waals surface area (Å²) in [6.07, 6.45) is -5.08. The van der Waals surface area contributed by atoms with Crippen LogP contribution in [0.25, 0.3) is 0 Å². The Kier molecular flexibility index (Phi) is 3.91. The fourth-order valence-electron chi connectivity index (χ4n) is 2.14. The summed E-state index contributed by atoms with van der Waals surface area (Å²) in [7, 11) is 0. The Morgan fingerprint density at radius 3 is 2.52 bits per heavy atom. The molecule has 0 aromatic heterocycles. The summed E-state index contributed by atoms with van der Waals surface area (Å²) in [6, 6.07) is 0.968. The number of halogens is 5. The highest BCUT2D eigenvalue weighted by Gasteiger charge is 2.44. The molecule has 1 aromatic rings. The van der Waals surface area contributed by atoms with Gasteiger partial charge in [0, 0.05) is 29.2 Å². The van der Waals surface area contributed by atoms with Crippen molar-refractivity contribution < 1.29 is 27.3 Å². The lowest BCUT2D eigenvalue weighted by Crippen LogP contribution is -2.44. The largest absolute Gasteiger partial charge is 0.471 e. The number of carbonyl (C=O) groups is 1. The Labute approximate surface area is 123 Å². The number of carbonyl (C=O) groups excluding carboxylic acids is 1. The maximum Gasteiger partial charge on any atom is 0.471 e. The standard InChI is InChI=1S/C11H7BrF4N2O3/c12-7-3-8(18(20)21)9(13)6-4-17(2-1-5(6)7)10(19)11(14,15)16/h3H,1-2,4H2. The zero-order valence-corrected chi connectivity index (χ0v) is 11.8. The SMILES string of the molecule is O=C(N1CCc2c(Br)cc([N+](=O)[O-])c(F)c2C1)C(F)(F)F. The first-order chi connectivity index (χ1) is 9.62. The van der Waals surface area contributed by atoms with Crippen LogP contribution in [0, 0.1) is 15.9 Å². The Hall–Kier alpha value is -1.71. The van der Waals surface area contributed by atoms with E-state index in [9.17, 15) is 32.5 Å². The van der Waals surface area contributed by atoms with Crippen LogP contribution in [-0.4, -0.2) is 28.5 Å². The molecule has 1 aliphatic heterocycles. The van der Waals surface area contributed by atoms with Crippen molar-refractivity contribution in [3.8, 4) is 0 Å². The topological polar surface area (TPSA) is 63.5 Å². The van der Waals surface area contributed by atoms with Crippen molar-refractivity contribution in [3.05, 3.63) is 37.6 Å². The average molecular weight is 371 g/mol. The van der Waals surface area contributed by atoms with Gasteiger partial charge in [0.1, 0.15) is 0 Å². The molecule has 0 saturated heterocycles. The quantitative estimate of drug-likeness (QED) is 0.433. The fraction of sp³-hybridized carbons (Fsp3) is 0.364. The molecule has 0 N–H and O–H groups in total. The Balaban J connectivity index is 2.44. The van der Waals surface area contributed by atoms with Crippen molar-refractivity contribution in [2.24, 2.45) is 0 Å². The number of nitro benzene ring substituents is 1. The lowest BCUT2D eigenvalue weighted by molar-refractivity contribution is -0.387. The summed E-state index contributed by atoms with van der Waals surface area (Å²) in [5.41, 5.74) is -0.772. The number of nitro groups is 1. The van der Waals surface area contributed by atoms with Crippen molar-refractivity contribution in [3.63, 3.8) is 0 Å². The molecule has 21 heavy (non-hydrogen) atoms. The highest BCUT2D eigenvalue weighted by Crippen LogP contribution is 2.35. The lowest BCUT2D eigenvalue weighted by atomic mass is 9.98. The fourth-order valence-corrected chi connectivity index (χ4v) is 2.79. The van der Waals surface area contributed by atoms with Crippen LogP contribution >= 0.6 is 15.9 Å². The number of nitrogens with zero attached hydrogens (tertiary/aromatic N) is 2. The van der Waals surface area contributed by atoms with E-state index in [1.165, 1.54) is 0 Å². The minimum atomic E-state index is -5.06. The van der Waals surface area contributed by atoms with Crippen molar-refractivity contribution >= 4 is 27.5 Å². The second-order valence-corrected chi connectivity index (χ2v) is 5.23. The molecule has 1 aliphatic rings. The van der Waals surface area contributed by atoms with Crippen molar-refractivity contribution in [2.45, 2.75) is 19.1 Å². The summed E-state index contributed by atoms with van der Waals surface area (Å²) >= 11 is 3.03. The van der Waals surface area contributed by atoms with Crippen LogP contribution in [0.2, 0.25) is 0 Å². The number of amides is 1. The Bertz CT molecular complexity index is 633. The van der Waals surface area contributed by atoms with Gasteiger partial charge in [-0.2, -0.15) is 17.6 Å². The summed E-state index contributed by atoms with van der Waals surface area (Å²) < 4.78 is 51.5. The number of fused-ring (bicyclic) bond motifs is 1. The maximum absolute atomic E-state index is 14.0. The zero-order valence-electron chi connectivity index (χ0n) is 10.2. The van der Waals surface area contributed by atoms with E-state index in [4.69, 9.17) is 0 Å². The number of alkyl halides is 3. The van der Waals surface area contributed by atoms with Gasteiger partial charge < -0.3 is 4.90 Å². The molecule has 0 fully saturated rings. The Morgan fingerprint density at radius 1 is 1.38 bits per heavy atom. The molecule has 5 nitrogen and oxygen atoms in total. The maximum atomic E-state index is 14.0. The molecule has 1 aromatic carbocycles. The van der Waals surface area contributed by atoms with Crippen LogP contribution in [0.5, 0.6) is 0 Å². The molecule has 1 heterocycles. The smallest absolute Gasteiger partial charge is 0.330 e. The first-order valence-corrected chi connectivity index (χ1v) is 6.42. The molecule has 114 valence electrons. The molecular weight excluding hydrogens is 364 g/mol. The number of rotatable bonds is 1. The van der Waals surface area contributed by atoms with Crippen LogP contribution in [0.3, 0.4) is 0 Å². The molecule has 0 spiro atoms. The normalized spacial score (nSPS) is 14.8. The van der Waals surface area contributed by atoms with Gasteiger partial charge in [-0.25, -0.2) is 0 Å². The number of hydrogen-bond acceptors (Lipinski definition) is 3. The van der Waals surface area contributed by atoms with E-state index in [-0.39, 0.29) is 23.0 Å². The number of benzene rings is 1. The molecule has 1 amide bonds. The molecule has 0 aliphatic carbocycles. The minimum Gasteiger partial charge on any atom is -0.330 e. The molecule has 0 atom stereocenters. The third kappa shape index (κ3) is 2.85. The predicted molar refractivity (Wildman–Crippen MR) is 65.9 cm³/mol. The minimum absolute atomic E-state index is 0.0212. The van der Waals surface area contributed by atoms with Gasteiger partial charge in [-0.3, -0.25) is 14.9 Å². The van der Waals surface area contributed by atoms with Gasteiger partial charge >= 0.3 is 17.8 Å². The number of hydrogen-bond donors (Lipinski definition) is 0. The van der Waals surface area contributed by atoms with Crippen molar-refractivity contribution in [2.75, 3.05) is 6.54 Å². The van der Waals surface area contributed by atoms with Crippen LogP contribution in [0.1, 0.15) is 11.1 Å². The Morgan fingerprint density at radius 2 is 2.00 bits per heavy atom. The van der Waals surface area contributed by atoms with Crippen molar-refractivity contribution in [1.82, 2.24) is 4.90 Å². The third-order valence-electron chi connectivity index (χ3n) is 3.11. The third-order valence-corrected chi connectivity index (χ3v) is 3.82. The first-order valence-electron chi connectivity index (χ1n) is 5.63. The molecular formula is C11H7BrF4N2O3. The van der Waals surface area contributed by atoms with E-state index >= 15 is 0 Å². The molecule has 10 heteroatoms. The zero-order chi connectivity index (χ0) is 15.9. The van der Waals surface area contributed by atoms with E-state index in [0.29, 0.717) is 10.5 Å². The molecule has 0 saturated carbocycles. The van der Waals surface area contributed by atoms with E-state index in [1.54, 1.807) is 0 Å². The van der Waals surface area contributed by atoms with Gasteiger partial charge in [0.2, 0.25) is 5.82 Å². The van der Waals surface area contributed by atoms with E-state index in [0.717, 1.165) is 6.07 Å². The van der Waals surface area contributed by atoms with E-state index < -0.39 is 35.1 Å². The van der Waals surface area contributed by atoms with Gasteiger partial charge in [-0.05, 0) is 12.0 Å². The van der Waals surface area contributed by atoms with Gasteiger partial charge in [-0.15, -0.1) is 0 Å². The van der Waals surface area contributed by atoms with Crippen LogP contribution in [0.4, 0.5) is 23.2 Å². The average Bonchev–Trinajstić information content (AvgIpc) is 2.40. The highest BCUT2D eigenvalue weighted by molar-refractivity contribution is 9.10. The first kappa shape index (κ1) is 15.7. The summed E-state index contributed by atoms with van der Waals surface area (Å²) in [6.45, 7) is -0.888. The highest BCUT2D eigenvalue weighted by atomic mass is 79.9. The molecule has 0 radical (unpaired) electrons.